The summed E-state index contributed by atoms with van der Waals surface area (Å²) in [6, 6.07) is 1.20. The normalized spacial score (nSPS) is 29.2. The number of rotatable bonds is 4. The van der Waals surface area contributed by atoms with Gasteiger partial charge in [0.05, 0.1) is 5.56 Å². The fourth-order valence-electron chi connectivity index (χ4n) is 4.41. The van der Waals surface area contributed by atoms with Crippen molar-refractivity contribution in [1.29, 1.82) is 0 Å². The average Bonchev–Trinajstić information content (AvgIpc) is 3.13. The van der Waals surface area contributed by atoms with Gasteiger partial charge in [-0.25, -0.2) is 13.2 Å². The second-order valence-corrected chi connectivity index (χ2v) is 10.4. The fourth-order valence-corrected chi connectivity index (χ4v) is 7.14. The molecule has 1 N–H and O–H groups in total. The Bertz CT molecular complexity index is 814. The first-order chi connectivity index (χ1) is 12.4. The van der Waals surface area contributed by atoms with Crippen LogP contribution in [0.2, 0.25) is 0 Å². The summed E-state index contributed by atoms with van der Waals surface area (Å²) < 4.78 is 26.8. The van der Waals surface area contributed by atoms with E-state index in [1.54, 1.807) is 0 Å². The van der Waals surface area contributed by atoms with Gasteiger partial charge in [0.15, 0.2) is 0 Å². The van der Waals surface area contributed by atoms with E-state index in [-0.39, 0.29) is 34.7 Å². The minimum atomic E-state index is -3.70. The van der Waals surface area contributed by atoms with Crippen LogP contribution in [0.25, 0.3) is 0 Å². The predicted molar refractivity (Wildman–Crippen MR) is 95.6 cm³/mol. The number of hydrogen-bond donors (Lipinski definition) is 1. The van der Waals surface area contributed by atoms with E-state index in [0.29, 0.717) is 24.9 Å². The Kier molecular flexibility index (Phi) is 4.56. The van der Waals surface area contributed by atoms with Crippen LogP contribution >= 0.6 is 11.3 Å². The molecule has 1 aromatic heterocycles. The Labute approximate surface area is 156 Å². The first kappa shape index (κ1) is 17.9. The van der Waals surface area contributed by atoms with Crippen molar-refractivity contribution < 1.29 is 23.1 Å². The standard InChI is InChI=1S/C17H22N2O5S2/c20-16(15-12-3-1-2-4-13(12)15)18-5-7-19(8-6-18)26(23,24)14-9-11(10-25-14)17(21)22/h9-10,12-13,15H,1-8H2,(H,21,22). The van der Waals surface area contributed by atoms with E-state index >= 15 is 0 Å². The number of sulfonamides is 1. The van der Waals surface area contributed by atoms with Gasteiger partial charge in [-0.15, -0.1) is 11.3 Å². The number of carbonyl (C=O) groups excluding carboxylic acids is 1. The number of aromatic carboxylic acids is 1. The fraction of sp³-hybridized carbons (Fsp3) is 0.647. The summed E-state index contributed by atoms with van der Waals surface area (Å²) in [4.78, 5) is 25.5. The number of fused-ring (bicyclic) bond motifs is 1. The number of hydrogen-bond acceptors (Lipinski definition) is 5. The van der Waals surface area contributed by atoms with E-state index in [1.807, 2.05) is 4.90 Å². The van der Waals surface area contributed by atoms with Gasteiger partial charge in [-0.2, -0.15) is 4.31 Å². The number of nitrogens with zero attached hydrogens (tertiary/aromatic N) is 2. The zero-order valence-corrected chi connectivity index (χ0v) is 16.0. The van der Waals surface area contributed by atoms with Gasteiger partial charge < -0.3 is 10.0 Å². The molecule has 4 rings (SSSR count). The number of piperazine rings is 1. The lowest BCUT2D eigenvalue weighted by Crippen LogP contribution is -2.51. The second-order valence-electron chi connectivity index (χ2n) is 7.33. The smallest absolute Gasteiger partial charge is 0.336 e. The van der Waals surface area contributed by atoms with Crippen LogP contribution in [0.5, 0.6) is 0 Å². The Morgan fingerprint density at radius 2 is 1.69 bits per heavy atom. The maximum Gasteiger partial charge on any atom is 0.336 e. The lowest BCUT2D eigenvalue weighted by Gasteiger charge is -2.34. The van der Waals surface area contributed by atoms with Crippen LogP contribution in [0.4, 0.5) is 0 Å². The molecule has 1 aliphatic heterocycles. The number of thiophene rings is 1. The van der Waals surface area contributed by atoms with E-state index in [2.05, 4.69) is 0 Å². The summed E-state index contributed by atoms with van der Waals surface area (Å²) in [6.45, 7) is 1.34. The van der Waals surface area contributed by atoms with Crippen molar-refractivity contribution in [3.63, 3.8) is 0 Å². The molecule has 2 aliphatic carbocycles. The summed E-state index contributed by atoms with van der Waals surface area (Å²) in [5, 5.41) is 10.3. The van der Waals surface area contributed by atoms with Crippen molar-refractivity contribution in [3.8, 4) is 0 Å². The average molecular weight is 399 g/mol. The highest BCUT2D eigenvalue weighted by atomic mass is 32.2. The number of carbonyl (C=O) groups is 2. The Balaban J connectivity index is 1.38. The molecular weight excluding hydrogens is 376 g/mol. The van der Waals surface area contributed by atoms with Crippen molar-refractivity contribution in [1.82, 2.24) is 9.21 Å². The van der Waals surface area contributed by atoms with Gasteiger partial charge in [-0.3, -0.25) is 4.79 Å². The highest BCUT2D eigenvalue weighted by molar-refractivity contribution is 7.91. The third kappa shape index (κ3) is 3.05. The molecule has 2 heterocycles. The molecule has 26 heavy (non-hydrogen) atoms. The third-order valence-corrected chi connectivity index (χ3v) is 9.22. The van der Waals surface area contributed by atoms with E-state index in [0.717, 1.165) is 24.2 Å². The molecule has 0 bridgehead atoms. The summed E-state index contributed by atoms with van der Waals surface area (Å²) in [6.07, 6.45) is 4.74. The largest absolute Gasteiger partial charge is 0.478 e. The van der Waals surface area contributed by atoms with E-state index in [1.165, 1.54) is 28.6 Å². The Hall–Kier alpha value is -1.45. The molecule has 1 aromatic rings. The lowest BCUT2D eigenvalue weighted by atomic mass is 10.0. The molecule has 3 fully saturated rings. The first-order valence-electron chi connectivity index (χ1n) is 9.00. The molecule has 2 unspecified atom stereocenters. The molecule has 9 heteroatoms. The van der Waals surface area contributed by atoms with Gasteiger partial charge in [0.1, 0.15) is 4.21 Å². The zero-order chi connectivity index (χ0) is 18.5. The maximum atomic E-state index is 12.7. The minimum Gasteiger partial charge on any atom is -0.478 e. The molecule has 1 saturated heterocycles. The molecule has 3 aliphatic rings. The molecule has 7 nitrogen and oxygen atoms in total. The van der Waals surface area contributed by atoms with Crippen LogP contribution in [-0.2, 0) is 14.8 Å². The van der Waals surface area contributed by atoms with Crippen LogP contribution in [0.15, 0.2) is 15.7 Å². The first-order valence-corrected chi connectivity index (χ1v) is 11.3. The quantitative estimate of drug-likeness (QED) is 0.833. The second kappa shape index (κ2) is 6.61. The number of carboxylic acids is 1. The van der Waals surface area contributed by atoms with Crippen LogP contribution < -0.4 is 0 Å². The lowest BCUT2D eigenvalue weighted by molar-refractivity contribution is -0.134. The van der Waals surface area contributed by atoms with Crippen molar-refractivity contribution in [2.45, 2.75) is 29.9 Å². The van der Waals surface area contributed by atoms with Crippen LogP contribution in [0, 0.1) is 17.8 Å². The van der Waals surface area contributed by atoms with Crippen molar-refractivity contribution in [3.05, 3.63) is 17.0 Å². The van der Waals surface area contributed by atoms with Gasteiger partial charge >= 0.3 is 5.97 Å². The molecule has 2 saturated carbocycles. The molecule has 2 atom stereocenters. The van der Waals surface area contributed by atoms with E-state index < -0.39 is 16.0 Å². The summed E-state index contributed by atoms with van der Waals surface area (Å²) in [5.41, 5.74) is -0.0151. The molecular formula is C17H22N2O5S2. The van der Waals surface area contributed by atoms with Gasteiger partial charge in [-0.1, -0.05) is 12.8 Å². The van der Waals surface area contributed by atoms with Gasteiger partial charge in [-0.05, 0) is 30.7 Å². The molecule has 0 spiro atoms. The third-order valence-electron chi connectivity index (χ3n) is 5.91. The zero-order valence-electron chi connectivity index (χ0n) is 14.3. The monoisotopic (exact) mass is 398 g/mol. The van der Waals surface area contributed by atoms with E-state index in [9.17, 15) is 18.0 Å². The Morgan fingerprint density at radius 1 is 1.08 bits per heavy atom. The molecule has 1 amide bonds. The van der Waals surface area contributed by atoms with Crippen LogP contribution in [-0.4, -0.2) is 60.8 Å². The van der Waals surface area contributed by atoms with Crippen molar-refractivity contribution in [2.24, 2.45) is 17.8 Å². The number of carboxylic acid groups (broad SMARTS) is 1. The van der Waals surface area contributed by atoms with Crippen molar-refractivity contribution >= 4 is 33.2 Å². The summed E-state index contributed by atoms with van der Waals surface area (Å²) in [7, 11) is -3.70. The number of amides is 1. The van der Waals surface area contributed by atoms with Gasteiger partial charge in [0.25, 0.3) is 10.0 Å². The minimum absolute atomic E-state index is 0.0151. The Morgan fingerprint density at radius 3 is 2.23 bits per heavy atom. The van der Waals surface area contributed by atoms with Gasteiger partial charge in [0, 0.05) is 37.5 Å². The predicted octanol–water partition coefficient (Wildman–Crippen LogP) is 1.72. The highest BCUT2D eigenvalue weighted by Crippen LogP contribution is 2.56. The van der Waals surface area contributed by atoms with E-state index in [4.69, 9.17) is 5.11 Å². The molecule has 0 radical (unpaired) electrons. The maximum absolute atomic E-state index is 12.7. The SMILES string of the molecule is O=C(O)c1csc(S(=O)(=O)N2CCN(C(=O)C3C4CCCCC43)CC2)c1. The van der Waals surface area contributed by atoms with Crippen LogP contribution in [0.3, 0.4) is 0 Å². The van der Waals surface area contributed by atoms with Crippen LogP contribution in [0.1, 0.15) is 36.0 Å². The summed E-state index contributed by atoms with van der Waals surface area (Å²) in [5.74, 6) is 0.334. The summed E-state index contributed by atoms with van der Waals surface area (Å²) >= 11 is 0.923. The van der Waals surface area contributed by atoms with Crippen molar-refractivity contribution in [2.75, 3.05) is 26.2 Å². The topological polar surface area (TPSA) is 95.0 Å². The molecule has 0 aromatic carbocycles. The highest BCUT2D eigenvalue weighted by Gasteiger charge is 2.56. The van der Waals surface area contributed by atoms with Gasteiger partial charge in [0.2, 0.25) is 5.91 Å². The molecule has 142 valence electrons.